The fourth-order valence-electron chi connectivity index (χ4n) is 1.75. The molecule has 2 atom stereocenters. The van der Waals surface area contributed by atoms with E-state index in [4.69, 9.17) is 0 Å². The second kappa shape index (κ2) is 4.81. The van der Waals surface area contributed by atoms with Crippen LogP contribution in [0.25, 0.3) is 0 Å². The van der Waals surface area contributed by atoms with E-state index < -0.39 is 10.8 Å². The third-order valence-electron chi connectivity index (χ3n) is 2.58. The van der Waals surface area contributed by atoms with Crippen LogP contribution in [-0.4, -0.2) is 32.5 Å². The highest BCUT2D eigenvalue weighted by molar-refractivity contribution is 7.85. The van der Waals surface area contributed by atoms with E-state index in [-0.39, 0.29) is 5.25 Å². The summed E-state index contributed by atoms with van der Waals surface area (Å²) in [4.78, 5) is 8.28. The third kappa shape index (κ3) is 2.41. The zero-order chi connectivity index (χ0) is 10.7. The first-order valence-electron chi connectivity index (χ1n) is 5.18. The van der Waals surface area contributed by atoms with Crippen molar-refractivity contribution in [3.05, 3.63) is 18.1 Å². The van der Waals surface area contributed by atoms with Gasteiger partial charge in [-0.3, -0.25) is 9.19 Å². The van der Waals surface area contributed by atoms with Crippen molar-refractivity contribution in [1.82, 2.24) is 15.3 Å². The van der Waals surface area contributed by atoms with Gasteiger partial charge < -0.3 is 5.32 Å². The van der Waals surface area contributed by atoms with Gasteiger partial charge in [0.05, 0.1) is 21.7 Å². The van der Waals surface area contributed by atoms with Gasteiger partial charge in [0.2, 0.25) is 0 Å². The number of nitrogens with zero attached hydrogens (tertiary/aromatic N) is 2. The van der Waals surface area contributed by atoms with E-state index in [2.05, 4.69) is 15.3 Å². The Bertz CT molecular complexity index is 363. The van der Waals surface area contributed by atoms with E-state index in [1.165, 1.54) is 0 Å². The van der Waals surface area contributed by atoms with Gasteiger partial charge in [-0.05, 0) is 26.3 Å². The molecule has 0 bridgehead atoms. The molecular weight excluding hydrogens is 210 g/mol. The maximum atomic E-state index is 12.2. The second-order valence-electron chi connectivity index (χ2n) is 3.71. The molecule has 5 heteroatoms. The van der Waals surface area contributed by atoms with E-state index in [1.807, 2.05) is 6.92 Å². The average Bonchev–Trinajstić information content (AvgIpc) is 2.30. The zero-order valence-electron chi connectivity index (χ0n) is 8.77. The van der Waals surface area contributed by atoms with E-state index in [0.29, 0.717) is 5.03 Å². The van der Waals surface area contributed by atoms with Crippen LogP contribution in [0.1, 0.15) is 18.5 Å². The average molecular weight is 225 g/mol. The summed E-state index contributed by atoms with van der Waals surface area (Å²) in [5.74, 6) is 0. The summed E-state index contributed by atoms with van der Waals surface area (Å²) in [6.45, 7) is 3.71. The number of rotatable bonds is 2. The molecule has 0 aromatic carbocycles. The summed E-state index contributed by atoms with van der Waals surface area (Å²) in [7, 11) is -1.02. The van der Waals surface area contributed by atoms with Crippen LogP contribution in [-0.2, 0) is 10.8 Å². The Kier molecular flexibility index (Phi) is 3.43. The first kappa shape index (κ1) is 10.7. The molecule has 1 aliphatic heterocycles. The van der Waals surface area contributed by atoms with E-state index in [9.17, 15) is 4.21 Å². The molecule has 1 saturated heterocycles. The van der Waals surface area contributed by atoms with Gasteiger partial charge in [0, 0.05) is 18.9 Å². The lowest BCUT2D eigenvalue weighted by molar-refractivity contribution is 0.518. The Hall–Kier alpha value is -0.810. The minimum Gasteiger partial charge on any atom is -0.316 e. The molecule has 0 unspecified atom stereocenters. The quantitative estimate of drug-likeness (QED) is 0.802. The highest BCUT2D eigenvalue weighted by Crippen LogP contribution is 2.16. The van der Waals surface area contributed by atoms with Crippen LogP contribution in [0.3, 0.4) is 0 Å². The van der Waals surface area contributed by atoms with Crippen molar-refractivity contribution >= 4 is 10.8 Å². The number of piperidine rings is 1. The van der Waals surface area contributed by atoms with E-state index >= 15 is 0 Å². The standard InChI is InChI=1S/C10H15N3OS/c1-8-10(13-6-5-12-8)15(14)9-3-2-4-11-7-9/h5-6,9,11H,2-4,7H2,1H3/t9-,15+/m0/s1. The third-order valence-corrected chi connectivity index (χ3v) is 4.37. The van der Waals surface area contributed by atoms with Gasteiger partial charge in [0.1, 0.15) is 5.03 Å². The topological polar surface area (TPSA) is 54.9 Å². The molecule has 0 saturated carbocycles. The van der Waals surface area contributed by atoms with Crippen LogP contribution in [0.15, 0.2) is 17.4 Å². The van der Waals surface area contributed by atoms with E-state index in [1.54, 1.807) is 12.4 Å². The summed E-state index contributed by atoms with van der Waals surface area (Å²) < 4.78 is 12.2. The fraction of sp³-hybridized carbons (Fsp3) is 0.600. The predicted molar refractivity (Wildman–Crippen MR) is 59.1 cm³/mol. The predicted octanol–water partition coefficient (Wildman–Crippen LogP) is 0.645. The van der Waals surface area contributed by atoms with Crippen molar-refractivity contribution in [3.8, 4) is 0 Å². The summed E-state index contributed by atoms with van der Waals surface area (Å²) in [5.41, 5.74) is 0.779. The zero-order valence-corrected chi connectivity index (χ0v) is 9.59. The van der Waals surface area contributed by atoms with Crippen molar-refractivity contribution in [1.29, 1.82) is 0 Å². The summed E-state index contributed by atoms with van der Waals surface area (Å²) in [6.07, 6.45) is 5.34. The molecule has 0 spiro atoms. The van der Waals surface area contributed by atoms with Crippen molar-refractivity contribution in [3.63, 3.8) is 0 Å². The molecule has 2 rings (SSSR count). The van der Waals surface area contributed by atoms with Gasteiger partial charge in [-0.25, -0.2) is 4.98 Å². The summed E-state index contributed by atoms with van der Waals surface area (Å²) >= 11 is 0. The highest BCUT2D eigenvalue weighted by atomic mass is 32.2. The SMILES string of the molecule is Cc1nccnc1[S@](=O)[C@H]1CCCNC1. The van der Waals surface area contributed by atoms with Gasteiger partial charge in [0.15, 0.2) is 0 Å². The molecule has 2 heterocycles. The smallest absolute Gasteiger partial charge is 0.148 e. The number of aromatic nitrogens is 2. The number of hydrogen-bond acceptors (Lipinski definition) is 4. The molecule has 0 radical (unpaired) electrons. The summed E-state index contributed by atoms with van der Waals surface area (Å²) in [6, 6.07) is 0. The van der Waals surface area contributed by atoms with Crippen LogP contribution < -0.4 is 5.32 Å². The van der Waals surface area contributed by atoms with Gasteiger partial charge in [0.25, 0.3) is 0 Å². The van der Waals surface area contributed by atoms with Gasteiger partial charge in [-0.2, -0.15) is 0 Å². The first-order valence-corrected chi connectivity index (χ1v) is 6.39. The van der Waals surface area contributed by atoms with Crippen molar-refractivity contribution < 1.29 is 4.21 Å². The highest BCUT2D eigenvalue weighted by Gasteiger charge is 2.23. The summed E-state index contributed by atoms with van der Waals surface area (Å²) in [5, 5.41) is 4.10. The molecule has 0 aliphatic carbocycles. The Balaban J connectivity index is 2.16. The Morgan fingerprint density at radius 2 is 2.27 bits per heavy atom. The molecular formula is C10H15N3OS. The van der Waals surface area contributed by atoms with Crippen molar-refractivity contribution in [2.24, 2.45) is 0 Å². The Morgan fingerprint density at radius 1 is 1.47 bits per heavy atom. The number of aryl methyl sites for hydroxylation is 1. The van der Waals surface area contributed by atoms with E-state index in [0.717, 1.165) is 31.6 Å². The molecule has 1 N–H and O–H groups in total. The first-order chi connectivity index (χ1) is 7.29. The van der Waals surface area contributed by atoms with Gasteiger partial charge >= 0.3 is 0 Å². The minimum atomic E-state index is -1.02. The lowest BCUT2D eigenvalue weighted by Crippen LogP contribution is -2.36. The maximum Gasteiger partial charge on any atom is 0.148 e. The molecule has 1 aliphatic rings. The molecule has 4 nitrogen and oxygen atoms in total. The molecule has 15 heavy (non-hydrogen) atoms. The van der Waals surface area contributed by atoms with Crippen LogP contribution in [0.5, 0.6) is 0 Å². The van der Waals surface area contributed by atoms with Gasteiger partial charge in [-0.15, -0.1) is 0 Å². The maximum absolute atomic E-state index is 12.2. The van der Waals surface area contributed by atoms with Crippen LogP contribution in [0, 0.1) is 6.92 Å². The van der Waals surface area contributed by atoms with Crippen LogP contribution in [0.4, 0.5) is 0 Å². The molecule has 82 valence electrons. The number of nitrogens with one attached hydrogen (secondary N) is 1. The van der Waals surface area contributed by atoms with Crippen molar-refractivity contribution in [2.75, 3.05) is 13.1 Å². The lowest BCUT2D eigenvalue weighted by atomic mass is 10.2. The molecule has 1 aromatic heterocycles. The lowest BCUT2D eigenvalue weighted by Gasteiger charge is -2.21. The minimum absolute atomic E-state index is 0.189. The largest absolute Gasteiger partial charge is 0.316 e. The Morgan fingerprint density at radius 3 is 2.93 bits per heavy atom. The fourth-order valence-corrected chi connectivity index (χ4v) is 3.23. The second-order valence-corrected chi connectivity index (χ2v) is 5.36. The van der Waals surface area contributed by atoms with Crippen LogP contribution in [0.2, 0.25) is 0 Å². The Labute approximate surface area is 92.0 Å². The number of hydrogen-bond donors (Lipinski definition) is 1. The molecule has 1 aromatic rings. The molecule has 0 amide bonds. The van der Waals surface area contributed by atoms with Crippen LogP contribution >= 0.6 is 0 Å². The normalized spacial score (nSPS) is 23.7. The molecule has 1 fully saturated rings. The van der Waals surface area contributed by atoms with Gasteiger partial charge in [-0.1, -0.05) is 0 Å². The monoisotopic (exact) mass is 225 g/mol. The van der Waals surface area contributed by atoms with Crippen molar-refractivity contribution in [2.45, 2.75) is 30.0 Å².